The number of nitrogens with zero attached hydrogens (tertiary/aromatic N) is 2. The normalized spacial score (nSPS) is 22.8. The molecule has 0 radical (unpaired) electrons. The van der Waals surface area contributed by atoms with E-state index in [1.807, 2.05) is 30.3 Å². The SMILES string of the molecule is C[N+]1(OS(=O)(=O)C(F)(F)F)CCCCC1C(=NOCc1ccccc1)c1ccccc1. The summed E-state index contributed by atoms with van der Waals surface area (Å²) in [5, 5.41) is 4.25. The van der Waals surface area contributed by atoms with E-state index in [1.54, 1.807) is 30.3 Å². The fourth-order valence-corrected chi connectivity index (χ4v) is 4.32. The maximum Gasteiger partial charge on any atom is 0.528 e. The first-order valence-corrected chi connectivity index (χ1v) is 11.2. The molecule has 0 bridgehead atoms. The van der Waals surface area contributed by atoms with Crippen LogP contribution in [0.3, 0.4) is 0 Å². The second-order valence-electron chi connectivity index (χ2n) is 7.49. The molecule has 2 aromatic carbocycles. The van der Waals surface area contributed by atoms with Crippen LogP contribution in [0.4, 0.5) is 13.2 Å². The van der Waals surface area contributed by atoms with Crippen molar-refractivity contribution >= 4 is 15.8 Å². The summed E-state index contributed by atoms with van der Waals surface area (Å²) in [5.41, 5.74) is -3.67. The van der Waals surface area contributed by atoms with Crippen molar-refractivity contribution in [1.82, 2.24) is 0 Å². The summed E-state index contributed by atoms with van der Waals surface area (Å²) in [6.45, 7) is 0.250. The molecule has 0 spiro atoms. The summed E-state index contributed by atoms with van der Waals surface area (Å²) in [5.74, 6) is 0. The van der Waals surface area contributed by atoms with Crippen molar-refractivity contribution in [1.29, 1.82) is 0 Å². The Hall–Kier alpha value is -2.43. The number of quaternary nitrogens is 1. The van der Waals surface area contributed by atoms with Gasteiger partial charge in [-0.1, -0.05) is 70.1 Å². The molecule has 0 saturated carbocycles. The zero-order valence-corrected chi connectivity index (χ0v) is 17.8. The van der Waals surface area contributed by atoms with E-state index in [-0.39, 0.29) is 13.2 Å². The number of piperidine rings is 1. The topological polar surface area (TPSA) is 65.0 Å². The molecule has 6 nitrogen and oxygen atoms in total. The molecular formula is C21H24F3N2O4S+. The second-order valence-corrected chi connectivity index (χ2v) is 9.01. The largest absolute Gasteiger partial charge is 0.528 e. The van der Waals surface area contributed by atoms with Gasteiger partial charge in [0.1, 0.15) is 25.9 Å². The highest BCUT2D eigenvalue weighted by molar-refractivity contribution is 7.87. The number of benzene rings is 2. The van der Waals surface area contributed by atoms with E-state index in [0.717, 1.165) is 5.56 Å². The molecule has 1 heterocycles. The highest BCUT2D eigenvalue weighted by Gasteiger charge is 2.55. The van der Waals surface area contributed by atoms with Crippen LogP contribution in [0.25, 0.3) is 0 Å². The number of rotatable bonds is 7. The van der Waals surface area contributed by atoms with Crippen LogP contribution in [-0.2, 0) is 25.8 Å². The number of hydrogen-bond acceptors (Lipinski definition) is 5. The van der Waals surface area contributed by atoms with Gasteiger partial charge in [-0.2, -0.15) is 26.2 Å². The minimum atomic E-state index is -5.79. The average molecular weight is 457 g/mol. The second kappa shape index (κ2) is 9.37. The highest BCUT2D eigenvalue weighted by Crippen LogP contribution is 2.34. The van der Waals surface area contributed by atoms with E-state index in [1.165, 1.54) is 7.05 Å². The standard InChI is InChI=1S/C21H24F3N2O4S/c1-26(30-31(27,28)21(22,23)24)15-9-8-14-19(26)20(18-12-6-3-7-13-18)25-29-16-17-10-4-2-5-11-17/h2-7,10-13,19H,8-9,14-16H2,1H3/q+1. The van der Waals surface area contributed by atoms with Gasteiger partial charge in [-0.25, -0.2) is 0 Å². The monoisotopic (exact) mass is 457 g/mol. The number of likely N-dealkylation sites (tertiary alicyclic amines) is 1. The van der Waals surface area contributed by atoms with E-state index in [0.29, 0.717) is 30.5 Å². The van der Waals surface area contributed by atoms with Gasteiger partial charge in [-0.3, -0.25) is 0 Å². The first kappa shape index (κ1) is 23.2. The summed E-state index contributed by atoms with van der Waals surface area (Å²) in [4.78, 5) is 5.53. The maximum absolute atomic E-state index is 13.0. The summed E-state index contributed by atoms with van der Waals surface area (Å²) < 4.78 is 66.6. The molecule has 2 atom stereocenters. The predicted octanol–water partition coefficient (Wildman–Crippen LogP) is 4.39. The van der Waals surface area contributed by atoms with E-state index in [9.17, 15) is 21.6 Å². The number of halogens is 3. The average Bonchev–Trinajstić information content (AvgIpc) is 2.72. The molecule has 2 aromatic rings. The summed E-state index contributed by atoms with van der Waals surface area (Å²) in [6, 6.07) is 17.4. The smallest absolute Gasteiger partial charge is 0.390 e. The molecule has 1 aliphatic rings. The van der Waals surface area contributed by atoms with Crippen molar-refractivity contribution in [2.75, 3.05) is 13.6 Å². The van der Waals surface area contributed by atoms with E-state index >= 15 is 0 Å². The van der Waals surface area contributed by atoms with Crippen LogP contribution in [0.1, 0.15) is 30.4 Å². The van der Waals surface area contributed by atoms with Gasteiger partial charge in [0.2, 0.25) is 0 Å². The number of hydroxylamine groups is 3. The van der Waals surface area contributed by atoms with Crippen molar-refractivity contribution in [3.8, 4) is 0 Å². The number of hydrogen-bond donors (Lipinski definition) is 0. The molecular weight excluding hydrogens is 433 g/mol. The van der Waals surface area contributed by atoms with E-state index < -0.39 is 26.3 Å². The summed E-state index contributed by atoms with van der Waals surface area (Å²) >= 11 is 0. The minimum Gasteiger partial charge on any atom is -0.390 e. The molecule has 1 saturated heterocycles. The Bertz CT molecular complexity index is 998. The van der Waals surface area contributed by atoms with Crippen LogP contribution in [0.15, 0.2) is 65.8 Å². The molecule has 0 aliphatic carbocycles. The van der Waals surface area contributed by atoms with Crippen LogP contribution in [0.2, 0.25) is 0 Å². The molecule has 2 unspecified atom stereocenters. The molecule has 0 N–H and O–H groups in total. The van der Waals surface area contributed by atoms with Crippen LogP contribution in [0.5, 0.6) is 0 Å². The van der Waals surface area contributed by atoms with Crippen LogP contribution < -0.4 is 0 Å². The van der Waals surface area contributed by atoms with Gasteiger partial charge in [-0.05, 0) is 18.4 Å². The van der Waals surface area contributed by atoms with Gasteiger partial charge in [0.15, 0.2) is 6.04 Å². The lowest BCUT2D eigenvalue weighted by molar-refractivity contribution is -1.08. The third kappa shape index (κ3) is 5.63. The van der Waals surface area contributed by atoms with Crippen LogP contribution in [0, 0.1) is 0 Å². The Balaban J connectivity index is 1.94. The number of oxime groups is 1. The molecule has 168 valence electrons. The lowest BCUT2D eigenvalue weighted by Gasteiger charge is -2.40. The lowest BCUT2D eigenvalue weighted by Crippen LogP contribution is -2.60. The number of alkyl halides is 3. The molecule has 0 amide bonds. The van der Waals surface area contributed by atoms with E-state index in [2.05, 4.69) is 5.16 Å². The highest BCUT2D eigenvalue weighted by atomic mass is 32.2. The lowest BCUT2D eigenvalue weighted by atomic mass is 9.93. The molecule has 10 heteroatoms. The zero-order valence-electron chi connectivity index (χ0n) is 17.0. The van der Waals surface area contributed by atoms with Crippen LogP contribution in [-0.4, -0.2) is 43.9 Å². The third-order valence-electron chi connectivity index (χ3n) is 5.16. The van der Waals surface area contributed by atoms with Gasteiger partial charge >= 0.3 is 15.6 Å². The zero-order chi connectivity index (χ0) is 22.5. The molecule has 0 aromatic heterocycles. The Morgan fingerprint density at radius 1 is 1.06 bits per heavy atom. The van der Waals surface area contributed by atoms with Gasteiger partial charge in [0.05, 0.1) is 0 Å². The molecule has 31 heavy (non-hydrogen) atoms. The fraction of sp³-hybridized carbons (Fsp3) is 0.381. The first-order chi connectivity index (χ1) is 14.6. The Morgan fingerprint density at radius 3 is 2.29 bits per heavy atom. The minimum absolute atomic E-state index is 0.0878. The van der Waals surface area contributed by atoms with Crippen molar-refractivity contribution in [2.45, 2.75) is 37.4 Å². The van der Waals surface area contributed by atoms with Crippen molar-refractivity contribution in [3.63, 3.8) is 0 Å². The van der Waals surface area contributed by atoms with E-state index in [4.69, 9.17) is 9.12 Å². The molecule has 1 aliphatic heterocycles. The van der Waals surface area contributed by atoms with Gasteiger partial charge < -0.3 is 4.84 Å². The Labute approximate surface area is 179 Å². The summed E-state index contributed by atoms with van der Waals surface area (Å²) in [6.07, 6.45) is 1.61. The Morgan fingerprint density at radius 2 is 1.68 bits per heavy atom. The first-order valence-electron chi connectivity index (χ1n) is 9.79. The number of likely N-dealkylation sites (N-methyl/N-ethyl adjacent to an activating group) is 1. The summed E-state index contributed by atoms with van der Waals surface area (Å²) in [7, 11) is -4.46. The van der Waals surface area contributed by atoms with Crippen LogP contribution >= 0.6 is 0 Å². The van der Waals surface area contributed by atoms with Gasteiger partial charge in [0, 0.05) is 12.0 Å². The fourth-order valence-electron chi connectivity index (χ4n) is 3.61. The Kier molecular flexibility index (Phi) is 7.03. The van der Waals surface area contributed by atoms with Crippen molar-refractivity contribution < 1.29 is 35.4 Å². The molecule has 3 rings (SSSR count). The quantitative estimate of drug-likeness (QED) is 0.268. The third-order valence-corrected chi connectivity index (χ3v) is 6.27. The van der Waals surface area contributed by atoms with Gasteiger partial charge in [0.25, 0.3) is 0 Å². The van der Waals surface area contributed by atoms with Gasteiger partial charge in [-0.15, -0.1) is 0 Å². The van der Waals surface area contributed by atoms with Crippen molar-refractivity contribution in [2.24, 2.45) is 5.16 Å². The predicted molar refractivity (Wildman–Crippen MR) is 109 cm³/mol. The maximum atomic E-state index is 13.0. The molecule has 1 fully saturated rings. The van der Waals surface area contributed by atoms with Crippen molar-refractivity contribution in [3.05, 3.63) is 71.8 Å².